The molecule has 0 bridgehead atoms. The molecule has 1 N–H and O–H groups in total. The van der Waals surface area contributed by atoms with Gasteiger partial charge in [0.05, 0.1) is 0 Å². The first-order valence-corrected chi connectivity index (χ1v) is 8.56. The van der Waals surface area contributed by atoms with Gasteiger partial charge < -0.3 is 10.2 Å². The monoisotopic (exact) mass is 342 g/mol. The Labute approximate surface area is 151 Å². The van der Waals surface area contributed by atoms with Crippen LogP contribution in [0, 0.1) is 5.21 Å². The van der Waals surface area contributed by atoms with E-state index in [1.807, 2.05) is 36.5 Å². The molecule has 0 saturated carbocycles. The smallest absolute Gasteiger partial charge is 0.259 e. The Morgan fingerprint density at radius 3 is 2.58 bits per heavy atom. The zero-order chi connectivity index (χ0) is 17.9. The molecule has 2 aromatic heterocycles. The molecule has 2 aromatic carbocycles. The van der Waals surface area contributed by atoms with Crippen LogP contribution in [0.25, 0.3) is 10.8 Å². The average Bonchev–Trinajstić information content (AvgIpc) is 3.20. The van der Waals surface area contributed by atoms with Gasteiger partial charge in [0.2, 0.25) is 5.78 Å². The number of Topliss-reactive ketones (excluding diaryl/α,β-unsaturated/α-hetero) is 1. The number of carbonyl (C=O) groups excluding carboxylic acids is 1. The highest BCUT2D eigenvalue weighted by molar-refractivity contribution is 5.94. The fraction of sp³-hybridized carbons (Fsp3) is 0.0909. The molecule has 4 nitrogen and oxygen atoms in total. The number of H-pyrrole nitrogens is 1. The van der Waals surface area contributed by atoms with Crippen LogP contribution in [-0.2, 0) is 0 Å². The molecule has 0 fully saturated rings. The third-order valence-corrected chi connectivity index (χ3v) is 4.70. The quantitative estimate of drug-likeness (QED) is 0.335. The lowest BCUT2D eigenvalue weighted by Gasteiger charge is -2.18. The normalized spacial score (nSPS) is 12.2. The average molecular weight is 342 g/mol. The predicted molar refractivity (Wildman–Crippen MR) is 101 cm³/mol. The number of benzene rings is 2. The number of nitrogens with one attached hydrogen (secondary N) is 1. The van der Waals surface area contributed by atoms with Crippen LogP contribution in [-0.4, -0.2) is 10.8 Å². The topological polar surface area (TPSA) is 59.8 Å². The molecule has 4 heteroatoms. The molecule has 0 radical (unpaired) electrons. The number of pyridine rings is 1. The predicted octanol–water partition coefficient (Wildman–Crippen LogP) is 4.21. The first kappa shape index (κ1) is 16.1. The molecule has 128 valence electrons. The summed E-state index contributed by atoms with van der Waals surface area (Å²) in [6.45, 7) is 0. The van der Waals surface area contributed by atoms with Gasteiger partial charge in [-0.3, -0.25) is 4.79 Å². The third-order valence-electron chi connectivity index (χ3n) is 4.70. The number of nitrogens with zero attached hydrogens (tertiary/aromatic N) is 1. The Morgan fingerprint density at radius 2 is 1.77 bits per heavy atom. The molecule has 0 unspecified atom stereocenters. The van der Waals surface area contributed by atoms with Gasteiger partial charge in [0.25, 0.3) is 5.69 Å². The fourth-order valence-corrected chi connectivity index (χ4v) is 3.44. The van der Waals surface area contributed by atoms with E-state index in [1.54, 1.807) is 18.2 Å². The van der Waals surface area contributed by atoms with E-state index < -0.39 is 0 Å². The van der Waals surface area contributed by atoms with Crippen molar-refractivity contribution in [3.63, 3.8) is 0 Å². The minimum Gasteiger partial charge on any atom is -0.618 e. The van der Waals surface area contributed by atoms with E-state index in [-0.39, 0.29) is 23.8 Å². The second kappa shape index (κ2) is 6.84. The van der Waals surface area contributed by atoms with E-state index in [0.717, 1.165) is 22.0 Å². The molecule has 0 aliphatic heterocycles. The summed E-state index contributed by atoms with van der Waals surface area (Å²) in [5.41, 5.74) is 2.21. The lowest BCUT2D eigenvalue weighted by Crippen LogP contribution is -2.34. The maximum absolute atomic E-state index is 12.8. The molecule has 4 rings (SSSR count). The largest absolute Gasteiger partial charge is 0.618 e. The first-order valence-electron chi connectivity index (χ1n) is 8.56. The minimum atomic E-state index is -0.173. The number of rotatable bonds is 5. The van der Waals surface area contributed by atoms with Crippen molar-refractivity contribution in [1.29, 1.82) is 0 Å². The van der Waals surface area contributed by atoms with Crippen LogP contribution < -0.4 is 4.73 Å². The van der Waals surface area contributed by atoms with E-state index in [0.29, 0.717) is 4.73 Å². The van der Waals surface area contributed by atoms with Crippen LogP contribution in [0.2, 0.25) is 0 Å². The molecule has 0 amide bonds. The summed E-state index contributed by atoms with van der Waals surface area (Å²) >= 11 is 0. The Morgan fingerprint density at radius 1 is 0.962 bits per heavy atom. The second-order valence-corrected chi connectivity index (χ2v) is 6.29. The van der Waals surface area contributed by atoms with Crippen molar-refractivity contribution in [2.75, 3.05) is 0 Å². The Bertz CT molecular complexity index is 1050. The Hall–Kier alpha value is -3.40. The highest BCUT2D eigenvalue weighted by Crippen LogP contribution is 2.33. The van der Waals surface area contributed by atoms with Crippen LogP contribution in [0.1, 0.15) is 34.1 Å². The van der Waals surface area contributed by atoms with Crippen molar-refractivity contribution >= 4 is 16.6 Å². The van der Waals surface area contributed by atoms with Gasteiger partial charge in [-0.1, -0.05) is 42.5 Å². The highest BCUT2D eigenvalue weighted by atomic mass is 16.5. The van der Waals surface area contributed by atoms with Gasteiger partial charge >= 0.3 is 0 Å². The molecule has 0 saturated heterocycles. The summed E-state index contributed by atoms with van der Waals surface area (Å²) in [6, 6.07) is 23.1. The Balaban J connectivity index is 1.79. The van der Waals surface area contributed by atoms with E-state index in [4.69, 9.17) is 0 Å². The Kier molecular flexibility index (Phi) is 4.23. The number of ketones is 1. The van der Waals surface area contributed by atoms with Crippen LogP contribution in [0.5, 0.6) is 0 Å². The number of aromatic nitrogens is 2. The number of carbonyl (C=O) groups is 1. The van der Waals surface area contributed by atoms with Crippen LogP contribution in [0.15, 0.2) is 85.2 Å². The zero-order valence-corrected chi connectivity index (χ0v) is 14.1. The maximum Gasteiger partial charge on any atom is 0.259 e. The van der Waals surface area contributed by atoms with Gasteiger partial charge in [0, 0.05) is 36.4 Å². The molecule has 4 aromatic rings. The molecule has 26 heavy (non-hydrogen) atoms. The summed E-state index contributed by atoms with van der Waals surface area (Å²) in [7, 11) is 0. The summed E-state index contributed by atoms with van der Waals surface area (Å²) in [5.74, 6) is -0.322. The van der Waals surface area contributed by atoms with Gasteiger partial charge in [0.15, 0.2) is 6.20 Å². The second-order valence-electron chi connectivity index (χ2n) is 6.29. The highest BCUT2D eigenvalue weighted by Gasteiger charge is 2.25. The van der Waals surface area contributed by atoms with Crippen molar-refractivity contribution in [3.8, 4) is 0 Å². The fourth-order valence-electron chi connectivity index (χ4n) is 3.44. The molecule has 0 aliphatic carbocycles. The number of aromatic amines is 1. The molecule has 0 spiro atoms. The van der Waals surface area contributed by atoms with E-state index >= 15 is 0 Å². The zero-order valence-electron chi connectivity index (χ0n) is 14.1. The lowest BCUT2D eigenvalue weighted by molar-refractivity contribution is -0.607. The summed E-state index contributed by atoms with van der Waals surface area (Å²) in [5, 5.41) is 14.2. The van der Waals surface area contributed by atoms with E-state index in [1.165, 1.54) is 6.20 Å². The summed E-state index contributed by atoms with van der Waals surface area (Å²) < 4.78 is 0.636. The van der Waals surface area contributed by atoms with Crippen molar-refractivity contribution in [3.05, 3.63) is 107 Å². The SMILES string of the molecule is O=C(C[C@@H](c1ccc[nH]1)c1cccc2ccccc12)c1cccc[n+]1[O-]. The molecular formula is C22H18N2O2. The van der Waals surface area contributed by atoms with Crippen LogP contribution >= 0.6 is 0 Å². The van der Waals surface area contributed by atoms with Crippen LogP contribution in [0.3, 0.4) is 0 Å². The van der Waals surface area contributed by atoms with Crippen molar-refractivity contribution in [2.24, 2.45) is 0 Å². The summed E-state index contributed by atoms with van der Waals surface area (Å²) in [4.78, 5) is 16.1. The number of hydrogen-bond donors (Lipinski definition) is 1. The van der Waals surface area contributed by atoms with Crippen molar-refractivity contribution in [1.82, 2.24) is 4.98 Å². The van der Waals surface area contributed by atoms with E-state index in [2.05, 4.69) is 29.2 Å². The standard InChI is InChI=1S/C22H18N2O2/c25-22(21-12-3-4-14-24(21)26)15-19(20-11-6-13-23-20)18-10-5-8-16-7-1-2-9-17(16)18/h1-14,19,23H,15H2/t19-/m1/s1. The number of fused-ring (bicyclic) bond motifs is 1. The molecule has 0 aliphatic rings. The van der Waals surface area contributed by atoms with Crippen molar-refractivity contribution in [2.45, 2.75) is 12.3 Å². The molecular weight excluding hydrogens is 324 g/mol. The minimum absolute atomic E-state index is 0.149. The van der Waals surface area contributed by atoms with Crippen LogP contribution in [0.4, 0.5) is 0 Å². The van der Waals surface area contributed by atoms with Gasteiger partial charge in [0.1, 0.15) is 0 Å². The summed E-state index contributed by atoms with van der Waals surface area (Å²) in [6.07, 6.45) is 3.43. The van der Waals surface area contributed by atoms with Gasteiger partial charge in [-0.25, -0.2) is 0 Å². The maximum atomic E-state index is 12.8. The number of hydrogen-bond acceptors (Lipinski definition) is 2. The van der Waals surface area contributed by atoms with Gasteiger partial charge in [-0.15, -0.1) is 0 Å². The van der Waals surface area contributed by atoms with Gasteiger partial charge in [-0.2, -0.15) is 4.73 Å². The molecule has 1 atom stereocenters. The lowest BCUT2D eigenvalue weighted by atomic mass is 9.87. The third kappa shape index (κ3) is 2.97. The van der Waals surface area contributed by atoms with Crippen molar-refractivity contribution < 1.29 is 9.52 Å². The van der Waals surface area contributed by atoms with E-state index in [9.17, 15) is 10.0 Å². The first-order chi connectivity index (χ1) is 12.7. The van der Waals surface area contributed by atoms with Gasteiger partial charge in [-0.05, 0) is 34.5 Å². The molecule has 2 heterocycles.